The Hall–Kier alpha value is -2.16. The highest BCUT2D eigenvalue weighted by molar-refractivity contribution is 7.99. The molecule has 3 aliphatic heterocycles. The lowest BCUT2D eigenvalue weighted by molar-refractivity contribution is 0.114. The molecule has 0 spiro atoms. The molecule has 2 aliphatic carbocycles. The van der Waals surface area contributed by atoms with E-state index in [1.807, 2.05) is 30.9 Å². The first-order chi connectivity index (χ1) is 28.5. The van der Waals surface area contributed by atoms with Crippen LogP contribution < -0.4 is 10.6 Å². The number of hydrogen-bond donors (Lipinski definition) is 3. The van der Waals surface area contributed by atoms with Gasteiger partial charge in [0, 0.05) is 66.2 Å². The fourth-order valence-electron chi connectivity index (χ4n) is 10.3. The van der Waals surface area contributed by atoms with Crippen LogP contribution in [0.1, 0.15) is 120 Å². The number of likely N-dealkylation sites (N-methyl/N-ethyl adjacent to an activating group) is 1. The zero-order valence-corrected chi connectivity index (χ0v) is 37.6. The molecule has 7 heteroatoms. The van der Waals surface area contributed by atoms with Crippen molar-refractivity contribution >= 4 is 28.9 Å². The SMILES string of the molecule is C1CCC(C(CC2CCCCN2)C2CCCCC2)CC1.CN[C@@H](C)Cc1ccccc1.OCCN1CCN(CCC=C2c3ccccc3Sc3ccc(Cl)cc32)CC1. The molecule has 5 aliphatic rings. The Bertz CT molecular complexity index is 1610. The Labute approximate surface area is 362 Å². The molecule has 0 bridgehead atoms. The summed E-state index contributed by atoms with van der Waals surface area (Å²) in [5.41, 5.74) is 5.26. The number of nitrogens with zero attached hydrogens (tertiary/aromatic N) is 2. The van der Waals surface area contributed by atoms with Crippen LogP contribution in [0.15, 0.2) is 88.7 Å². The second kappa shape index (κ2) is 24.9. The third kappa shape index (κ3) is 14.2. The van der Waals surface area contributed by atoms with Gasteiger partial charge >= 0.3 is 0 Å². The second-order valence-electron chi connectivity index (χ2n) is 17.8. The van der Waals surface area contributed by atoms with Crippen molar-refractivity contribution in [1.29, 1.82) is 0 Å². The monoisotopic (exact) mass is 827 g/mol. The Morgan fingerprint density at radius 2 is 1.38 bits per heavy atom. The van der Waals surface area contributed by atoms with Crippen LogP contribution in [0.5, 0.6) is 0 Å². The summed E-state index contributed by atoms with van der Waals surface area (Å²) in [5.74, 6) is 3.22. The van der Waals surface area contributed by atoms with E-state index in [1.54, 1.807) is 25.7 Å². The van der Waals surface area contributed by atoms with Gasteiger partial charge in [0.2, 0.25) is 0 Å². The number of fused-ring (bicyclic) bond motifs is 2. The Balaban J connectivity index is 0.000000160. The number of aliphatic hydroxyl groups is 1. The summed E-state index contributed by atoms with van der Waals surface area (Å²) >= 11 is 8.12. The number of halogens is 1. The number of β-amino-alcohol motifs (C(OH)–C–C–N with tert-alkyl or cyclic N) is 1. The Morgan fingerprint density at radius 1 is 0.759 bits per heavy atom. The molecule has 3 aromatic rings. The highest BCUT2D eigenvalue weighted by Gasteiger charge is 2.33. The number of piperazine rings is 1. The molecule has 0 radical (unpaired) electrons. The zero-order valence-electron chi connectivity index (χ0n) is 36.0. The van der Waals surface area contributed by atoms with E-state index in [9.17, 15) is 0 Å². The van der Waals surface area contributed by atoms with E-state index in [0.29, 0.717) is 6.04 Å². The highest BCUT2D eigenvalue weighted by Crippen LogP contribution is 2.46. The van der Waals surface area contributed by atoms with Gasteiger partial charge in [-0.05, 0) is 117 Å². The summed E-state index contributed by atoms with van der Waals surface area (Å²) in [5, 5.41) is 16.9. The number of aliphatic hydroxyl groups excluding tert-OH is 1. The number of nitrogens with one attached hydrogen (secondary N) is 2. The van der Waals surface area contributed by atoms with Crippen LogP contribution >= 0.6 is 23.4 Å². The van der Waals surface area contributed by atoms with Crippen LogP contribution in [0, 0.1) is 17.8 Å². The predicted molar refractivity (Wildman–Crippen MR) is 249 cm³/mol. The number of rotatable bonds is 12. The zero-order chi connectivity index (χ0) is 40.4. The van der Waals surface area contributed by atoms with Gasteiger partial charge in [0.25, 0.3) is 0 Å². The van der Waals surface area contributed by atoms with Gasteiger partial charge in [0.15, 0.2) is 0 Å². The molecule has 3 aromatic carbocycles. The van der Waals surface area contributed by atoms with Crippen LogP contribution in [0.25, 0.3) is 5.57 Å². The molecular formula is C51H75ClN4OS. The lowest BCUT2D eigenvalue weighted by atomic mass is 9.67. The summed E-state index contributed by atoms with van der Waals surface area (Å²) < 4.78 is 0. The summed E-state index contributed by atoms with van der Waals surface area (Å²) in [6.07, 6.45) is 25.7. The minimum absolute atomic E-state index is 0.255. The standard InChI is InChI=1S/C22H25ClN2OS.C19H35N.C10H15N/c23-17-7-8-22-20(16-17)18(19-4-1-2-6-21(19)27-22)5-3-9-24-10-12-25(13-11-24)14-15-26;1-3-9-16(10-4-1)19(17-11-5-2-6-12-17)15-18-13-7-8-14-20-18;1-9(11-2)8-10-6-4-3-5-7-10/h1-2,4-8,16,26H,3,9-15H2;16-20H,1-15H2;3-7,9,11H,8H2,1-2H3/t;;9-/m..0/s1. The van der Waals surface area contributed by atoms with Crippen molar-refractivity contribution in [3.8, 4) is 0 Å². The Kier molecular flexibility index (Phi) is 19.5. The van der Waals surface area contributed by atoms with Crippen molar-refractivity contribution in [3.05, 3.63) is 101 Å². The predicted octanol–water partition coefficient (Wildman–Crippen LogP) is 11.4. The van der Waals surface area contributed by atoms with E-state index < -0.39 is 0 Å². The van der Waals surface area contributed by atoms with Crippen molar-refractivity contribution in [1.82, 2.24) is 20.4 Å². The van der Waals surface area contributed by atoms with Crippen LogP contribution in [0.3, 0.4) is 0 Å². The molecule has 1 unspecified atom stereocenters. The minimum atomic E-state index is 0.255. The van der Waals surface area contributed by atoms with E-state index in [0.717, 1.165) is 80.9 Å². The van der Waals surface area contributed by atoms with Gasteiger partial charge in [0.05, 0.1) is 6.61 Å². The average molecular weight is 828 g/mol. The van der Waals surface area contributed by atoms with Crippen molar-refractivity contribution in [2.24, 2.45) is 17.8 Å². The van der Waals surface area contributed by atoms with Crippen molar-refractivity contribution in [3.63, 3.8) is 0 Å². The van der Waals surface area contributed by atoms with Crippen LogP contribution in [0.2, 0.25) is 5.02 Å². The van der Waals surface area contributed by atoms with Crippen molar-refractivity contribution in [2.75, 3.05) is 59.5 Å². The van der Waals surface area contributed by atoms with Crippen molar-refractivity contribution in [2.45, 2.75) is 132 Å². The first-order valence-electron chi connectivity index (χ1n) is 23.3. The molecule has 2 saturated carbocycles. The summed E-state index contributed by atoms with van der Waals surface area (Å²) in [6.45, 7) is 9.86. The van der Waals surface area contributed by atoms with Gasteiger partial charge in [-0.2, -0.15) is 0 Å². The summed E-state index contributed by atoms with van der Waals surface area (Å²) in [6, 6.07) is 26.8. The van der Waals surface area contributed by atoms with Gasteiger partial charge in [-0.1, -0.05) is 149 Å². The third-order valence-electron chi connectivity index (χ3n) is 13.7. The van der Waals surface area contributed by atoms with Crippen LogP contribution in [0.4, 0.5) is 0 Å². The number of piperidine rings is 1. The van der Waals surface area contributed by atoms with E-state index in [1.165, 1.54) is 103 Å². The molecule has 2 saturated heterocycles. The molecule has 8 rings (SSSR count). The molecule has 4 fully saturated rings. The average Bonchev–Trinajstić information content (AvgIpc) is 3.28. The van der Waals surface area contributed by atoms with Crippen LogP contribution in [-0.4, -0.2) is 86.5 Å². The topological polar surface area (TPSA) is 50.8 Å². The maximum absolute atomic E-state index is 9.08. The first-order valence-corrected chi connectivity index (χ1v) is 24.5. The quantitative estimate of drug-likeness (QED) is 0.132. The molecule has 58 heavy (non-hydrogen) atoms. The summed E-state index contributed by atoms with van der Waals surface area (Å²) in [4.78, 5) is 7.45. The number of benzene rings is 3. The molecular weight excluding hydrogens is 752 g/mol. The molecule has 318 valence electrons. The fourth-order valence-corrected chi connectivity index (χ4v) is 11.5. The lowest BCUT2D eigenvalue weighted by Gasteiger charge is -2.40. The molecule has 5 nitrogen and oxygen atoms in total. The number of hydrogen-bond acceptors (Lipinski definition) is 6. The van der Waals surface area contributed by atoms with E-state index in [-0.39, 0.29) is 6.61 Å². The van der Waals surface area contributed by atoms with Gasteiger partial charge < -0.3 is 20.6 Å². The van der Waals surface area contributed by atoms with Crippen molar-refractivity contribution < 1.29 is 5.11 Å². The molecule has 0 amide bonds. The maximum Gasteiger partial charge on any atom is 0.0558 e. The molecule has 3 N–H and O–H groups in total. The van der Waals surface area contributed by atoms with E-state index in [4.69, 9.17) is 16.7 Å². The van der Waals surface area contributed by atoms with Gasteiger partial charge in [-0.25, -0.2) is 0 Å². The second-order valence-corrected chi connectivity index (χ2v) is 19.3. The smallest absolute Gasteiger partial charge is 0.0558 e. The lowest BCUT2D eigenvalue weighted by Crippen LogP contribution is -2.47. The first kappa shape index (κ1) is 45.4. The van der Waals surface area contributed by atoms with Gasteiger partial charge in [0.1, 0.15) is 0 Å². The maximum atomic E-state index is 9.08. The normalized spacial score (nSPS) is 21.9. The van der Waals surface area contributed by atoms with Crippen LogP contribution in [-0.2, 0) is 6.42 Å². The fraction of sp³-hybridized carbons (Fsp3) is 0.608. The summed E-state index contributed by atoms with van der Waals surface area (Å²) in [7, 11) is 1.99. The van der Waals surface area contributed by atoms with Gasteiger partial charge in [-0.3, -0.25) is 4.90 Å². The molecule has 3 heterocycles. The third-order valence-corrected chi connectivity index (χ3v) is 15.0. The van der Waals surface area contributed by atoms with E-state index in [2.05, 4.69) is 94.1 Å². The molecule has 0 aromatic heterocycles. The minimum Gasteiger partial charge on any atom is -0.395 e. The molecule has 2 atom stereocenters. The Morgan fingerprint density at radius 3 is 2.02 bits per heavy atom. The highest BCUT2D eigenvalue weighted by atomic mass is 35.5. The largest absolute Gasteiger partial charge is 0.395 e. The van der Waals surface area contributed by atoms with E-state index >= 15 is 0 Å². The van der Waals surface area contributed by atoms with Gasteiger partial charge in [-0.15, -0.1) is 0 Å².